The van der Waals surface area contributed by atoms with E-state index in [1.54, 1.807) is 0 Å². The molecule has 1 aliphatic heterocycles. The first-order valence-electron chi connectivity index (χ1n) is 9.89. The van der Waals surface area contributed by atoms with Crippen molar-refractivity contribution in [3.63, 3.8) is 0 Å². The topological polar surface area (TPSA) is 52.6 Å². The van der Waals surface area contributed by atoms with E-state index < -0.39 is 0 Å². The maximum Gasteiger partial charge on any atom is 0.302 e. The summed E-state index contributed by atoms with van der Waals surface area (Å²) in [6.07, 6.45) is 8.79. The first-order valence-corrected chi connectivity index (χ1v) is 9.89. The van der Waals surface area contributed by atoms with E-state index in [1.165, 1.54) is 12.5 Å². The monoisotopic (exact) mass is 346 g/mol. The van der Waals surface area contributed by atoms with Gasteiger partial charge in [-0.2, -0.15) is 0 Å². The van der Waals surface area contributed by atoms with Crippen LogP contribution in [-0.4, -0.2) is 30.1 Å². The zero-order chi connectivity index (χ0) is 17.8. The SMILES string of the molecule is CC(=O)O[C@H]1CC[C@@]2(C)C(=CC(=O)[C@@H]3[C@@H]2CC[C@]2(C)OCCC[C@@H]32)C1. The molecule has 3 aliphatic carbocycles. The molecular weight excluding hydrogens is 316 g/mol. The van der Waals surface area contributed by atoms with Crippen molar-refractivity contribution in [2.75, 3.05) is 6.61 Å². The van der Waals surface area contributed by atoms with Crippen LogP contribution in [0.5, 0.6) is 0 Å². The number of fused-ring (bicyclic) bond motifs is 5. The highest BCUT2D eigenvalue weighted by Crippen LogP contribution is 2.60. The number of esters is 1. The largest absolute Gasteiger partial charge is 0.462 e. The highest BCUT2D eigenvalue weighted by atomic mass is 16.5. The lowest BCUT2D eigenvalue weighted by Crippen LogP contribution is -2.58. The Morgan fingerprint density at radius 2 is 2.00 bits per heavy atom. The van der Waals surface area contributed by atoms with Gasteiger partial charge in [0.05, 0.1) is 5.60 Å². The minimum absolute atomic E-state index is 0.0620. The van der Waals surface area contributed by atoms with Gasteiger partial charge in [-0.15, -0.1) is 0 Å². The molecule has 0 N–H and O–H groups in total. The van der Waals surface area contributed by atoms with Gasteiger partial charge in [-0.25, -0.2) is 0 Å². The molecule has 4 aliphatic rings. The minimum Gasteiger partial charge on any atom is -0.462 e. The Labute approximate surface area is 150 Å². The predicted molar refractivity (Wildman–Crippen MR) is 93.9 cm³/mol. The van der Waals surface area contributed by atoms with Gasteiger partial charge in [0.1, 0.15) is 6.10 Å². The Bertz CT molecular complexity index is 623. The van der Waals surface area contributed by atoms with Crippen LogP contribution in [0.1, 0.15) is 65.7 Å². The fourth-order valence-corrected chi connectivity index (χ4v) is 6.30. The Kier molecular flexibility index (Phi) is 4.10. The highest BCUT2D eigenvalue weighted by molar-refractivity contribution is 5.94. The zero-order valence-electron chi connectivity index (χ0n) is 15.7. The van der Waals surface area contributed by atoms with Gasteiger partial charge in [0.2, 0.25) is 0 Å². The lowest BCUT2D eigenvalue weighted by molar-refractivity contribution is -0.177. The second-order valence-electron chi connectivity index (χ2n) is 9.04. The van der Waals surface area contributed by atoms with Crippen LogP contribution in [0.2, 0.25) is 0 Å². The van der Waals surface area contributed by atoms with E-state index in [2.05, 4.69) is 13.8 Å². The Morgan fingerprint density at radius 3 is 2.76 bits per heavy atom. The van der Waals surface area contributed by atoms with Crippen LogP contribution < -0.4 is 0 Å². The number of hydrogen-bond acceptors (Lipinski definition) is 4. The van der Waals surface area contributed by atoms with E-state index in [9.17, 15) is 9.59 Å². The summed E-state index contributed by atoms with van der Waals surface area (Å²) < 4.78 is 11.6. The van der Waals surface area contributed by atoms with Crippen LogP contribution in [0.3, 0.4) is 0 Å². The molecule has 0 aromatic rings. The smallest absolute Gasteiger partial charge is 0.302 e. The summed E-state index contributed by atoms with van der Waals surface area (Å²) in [6, 6.07) is 0. The number of rotatable bonds is 1. The van der Waals surface area contributed by atoms with E-state index in [-0.39, 0.29) is 29.0 Å². The van der Waals surface area contributed by atoms with Crippen LogP contribution in [-0.2, 0) is 19.1 Å². The molecule has 138 valence electrons. The molecule has 0 aromatic carbocycles. The average molecular weight is 346 g/mol. The first kappa shape index (κ1) is 17.3. The van der Waals surface area contributed by atoms with Crippen molar-refractivity contribution >= 4 is 11.8 Å². The summed E-state index contributed by atoms with van der Waals surface area (Å²) in [5.74, 6) is 0.953. The molecule has 4 nitrogen and oxygen atoms in total. The van der Waals surface area contributed by atoms with Crippen LogP contribution >= 0.6 is 0 Å². The molecule has 6 atom stereocenters. The molecule has 4 rings (SSSR count). The molecule has 0 radical (unpaired) electrons. The van der Waals surface area contributed by atoms with E-state index >= 15 is 0 Å². The molecule has 0 spiro atoms. The van der Waals surface area contributed by atoms with E-state index in [1.807, 2.05) is 6.08 Å². The molecule has 1 saturated heterocycles. The van der Waals surface area contributed by atoms with Gasteiger partial charge in [0, 0.05) is 25.9 Å². The average Bonchev–Trinajstić information content (AvgIpc) is 2.55. The summed E-state index contributed by atoms with van der Waals surface area (Å²) in [7, 11) is 0. The normalized spacial score (nSPS) is 46.4. The zero-order valence-corrected chi connectivity index (χ0v) is 15.7. The first-order chi connectivity index (χ1) is 11.8. The fraction of sp³-hybridized carbons (Fsp3) is 0.810. The molecule has 0 unspecified atom stereocenters. The Morgan fingerprint density at radius 1 is 1.20 bits per heavy atom. The molecule has 4 heteroatoms. The summed E-state index contributed by atoms with van der Waals surface area (Å²) in [5.41, 5.74) is 1.18. The van der Waals surface area contributed by atoms with E-state index in [4.69, 9.17) is 9.47 Å². The molecule has 25 heavy (non-hydrogen) atoms. The van der Waals surface area contributed by atoms with Crippen molar-refractivity contribution in [1.82, 2.24) is 0 Å². The van der Waals surface area contributed by atoms with Crippen molar-refractivity contribution in [2.24, 2.45) is 23.2 Å². The van der Waals surface area contributed by atoms with E-state index in [0.717, 1.165) is 51.6 Å². The summed E-state index contributed by atoms with van der Waals surface area (Å²) >= 11 is 0. The third-order valence-electron chi connectivity index (χ3n) is 7.66. The van der Waals surface area contributed by atoms with Gasteiger partial charge in [-0.05, 0) is 68.8 Å². The molecule has 2 saturated carbocycles. The lowest BCUT2D eigenvalue weighted by atomic mass is 9.48. The summed E-state index contributed by atoms with van der Waals surface area (Å²) in [6.45, 7) is 6.87. The van der Waals surface area contributed by atoms with Gasteiger partial charge in [-0.1, -0.05) is 12.5 Å². The molecule has 1 heterocycles. The molecule has 0 aromatic heterocycles. The van der Waals surface area contributed by atoms with Gasteiger partial charge in [0.15, 0.2) is 5.78 Å². The predicted octanol–water partition coefficient (Wildman–Crippen LogP) is 3.83. The maximum absolute atomic E-state index is 13.1. The summed E-state index contributed by atoms with van der Waals surface area (Å²) in [4.78, 5) is 24.4. The third-order valence-corrected chi connectivity index (χ3v) is 7.66. The van der Waals surface area contributed by atoms with Crippen LogP contribution in [0.25, 0.3) is 0 Å². The van der Waals surface area contributed by atoms with Crippen molar-refractivity contribution < 1.29 is 19.1 Å². The molecule has 0 amide bonds. The number of carbonyl (C=O) groups excluding carboxylic acids is 2. The van der Waals surface area contributed by atoms with Crippen molar-refractivity contribution in [3.8, 4) is 0 Å². The lowest BCUT2D eigenvalue weighted by Gasteiger charge is -2.58. The second-order valence-corrected chi connectivity index (χ2v) is 9.04. The Hall–Kier alpha value is -1.16. The molecule has 3 fully saturated rings. The van der Waals surface area contributed by atoms with Gasteiger partial charge < -0.3 is 9.47 Å². The number of hydrogen-bond donors (Lipinski definition) is 0. The number of carbonyl (C=O) groups is 2. The molecule has 0 bridgehead atoms. The summed E-state index contributed by atoms with van der Waals surface area (Å²) in [5, 5.41) is 0. The van der Waals surface area contributed by atoms with Crippen LogP contribution in [0, 0.1) is 23.2 Å². The van der Waals surface area contributed by atoms with Gasteiger partial charge in [-0.3, -0.25) is 9.59 Å². The third kappa shape index (κ3) is 2.68. The molecular formula is C21H30O4. The second kappa shape index (κ2) is 5.94. The van der Waals surface area contributed by atoms with Gasteiger partial charge in [0.25, 0.3) is 0 Å². The number of ketones is 1. The fourth-order valence-electron chi connectivity index (χ4n) is 6.30. The van der Waals surface area contributed by atoms with Crippen molar-refractivity contribution in [1.29, 1.82) is 0 Å². The van der Waals surface area contributed by atoms with E-state index in [0.29, 0.717) is 17.6 Å². The highest BCUT2D eigenvalue weighted by Gasteiger charge is 2.58. The number of ether oxygens (including phenoxy) is 2. The Balaban J connectivity index is 1.65. The van der Waals surface area contributed by atoms with Crippen molar-refractivity contribution in [2.45, 2.75) is 77.4 Å². The van der Waals surface area contributed by atoms with Gasteiger partial charge >= 0.3 is 5.97 Å². The van der Waals surface area contributed by atoms with Crippen LogP contribution in [0.4, 0.5) is 0 Å². The van der Waals surface area contributed by atoms with Crippen LogP contribution in [0.15, 0.2) is 11.6 Å². The quantitative estimate of drug-likeness (QED) is 0.677. The minimum atomic E-state index is -0.220. The van der Waals surface area contributed by atoms with Crippen molar-refractivity contribution in [3.05, 3.63) is 11.6 Å². The number of allylic oxidation sites excluding steroid dienone is 1. The maximum atomic E-state index is 13.1. The standard InChI is InChI=1S/C21H30O4/c1-13(22)25-15-6-8-20(2)14(11-15)12-18(23)19-16(20)7-9-21(3)17(19)5-4-10-24-21/h12,15-17,19H,4-11H2,1-3H3/t15-,16-,17-,19+,20-,21-/m0/s1.